The van der Waals surface area contributed by atoms with Gasteiger partial charge in [-0.1, -0.05) is 28.8 Å². The summed E-state index contributed by atoms with van der Waals surface area (Å²) in [6.45, 7) is -1.10. The number of carbonyl (C=O) groups is 2. The number of methoxy groups -OCH3 is 1. The largest absolute Gasteiger partial charge is 0.453 e. The van der Waals surface area contributed by atoms with Crippen LogP contribution in [0.1, 0.15) is 12.0 Å². The fourth-order valence-corrected chi connectivity index (χ4v) is 6.54. The van der Waals surface area contributed by atoms with Gasteiger partial charge in [0.05, 0.1) is 54.2 Å². The second kappa shape index (κ2) is 11.1. The molecule has 17 heteroatoms. The number of halogens is 4. The van der Waals surface area contributed by atoms with E-state index in [1.54, 1.807) is 24.3 Å². The minimum atomic E-state index is -4.19. The topological polar surface area (TPSA) is 161 Å². The molecule has 2 aromatic carbocycles. The van der Waals surface area contributed by atoms with Crippen molar-refractivity contribution in [2.75, 3.05) is 36.2 Å². The third-order valence-electron chi connectivity index (χ3n) is 6.73. The number of nitrogens with one attached hydrogen (secondary N) is 1. The van der Waals surface area contributed by atoms with E-state index in [9.17, 15) is 26.8 Å². The average Bonchev–Trinajstić information content (AvgIpc) is 3.36. The second-order valence-electron chi connectivity index (χ2n) is 9.90. The summed E-state index contributed by atoms with van der Waals surface area (Å²) in [6, 6.07) is 5.49. The zero-order valence-corrected chi connectivity index (χ0v) is 23.5. The number of amides is 2. The monoisotopic (exact) mass is 628 g/mol. The molecule has 0 aliphatic carbocycles. The van der Waals surface area contributed by atoms with E-state index in [4.69, 9.17) is 21.8 Å². The van der Waals surface area contributed by atoms with Crippen LogP contribution in [0.15, 0.2) is 45.7 Å². The molecule has 1 saturated heterocycles. The van der Waals surface area contributed by atoms with E-state index >= 15 is 4.39 Å². The zero-order chi connectivity index (χ0) is 30.4. The van der Waals surface area contributed by atoms with E-state index in [1.165, 1.54) is 0 Å². The minimum absolute atomic E-state index is 0.111. The maximum absolute atomic E-state index is 15.4. The molecule has 0 bridgehead atoms. The van der Waals surface area contributed by atoms with E-state index in [-0.39, 0.29) is 30.4 Å². The summed E-state index contributed by atoms with van der Waals surface area (Å²) in [5, 5.41) is 10.6. The van der Waals surface area contributed by atoms with Crippen LogP contribution in [0.4, 0.5) is 29.7 Å². The number of fused-ring (bicyclic) bond motifs is 1. The van der Waals surface area contributed by atoms with Crippen LogP contribution in [0.25, 0.3) is 11.5 Å². The lowest BCUT2D eigenvalue weighted by atomic mass is 10.0. The van der Waals surface area contributed by atoms with Gasteiger partial charge in [0, 0.05) is 18.0 Å². The third-order valence-corrected chi connectivity index (χ3v) is 8.78. The number of hydrogen-bond donors (Lipinski definition) is 2. The Labute approximate surface area is 242 Å². The van der Waals surface area contributed by atoms with E-state index in [2.05, 4.69) is 20.3 Å². The van der Waals surface area contributed by atoms with Gasteiger partial charge in [-0.15, -0.1) is 5.10 Å². The SMILES string of the molecule is COC(=O)N1CC(Nc2nnc(-c3cc4c(cc3F)S(=O)(=O)C[C@H](N)C(=O)N4Cc3ccc(Cl)cc3)o2)CC(F)(F)C1. The number of alkyl halides is 2. The van der Waals surface area contributed by atoms with Crippen LogP contribution in [0.3, 0.4) is 0 Å². The normalized spacial score (nSPS) is 21.4. The number of rotatable bonds is 5. The number of benzene rings is 2. The van der Waals surface area contributed by atoms with Gasteiger partial charge in [0.25, 0.3) is 11.8 Å². The maximum Gasteiger partial charge on any atom is 0.409 e. The number of ether oxygens (including phenoxy) is 1. The van der Waals surface area contributed by atoms with Gasteiger partial charge in [-0.25, -0.2) is 26.4 Å². The van der Waals surface area contributed by atoms with Crippen molar-refractivity contribution in [2.45, 2.75) is 35.9 Å². The number of likely N-dealkylation sites (tertiary alicyclic amines) is 1. The quantitative estimate of drug-likeness (QED) is 0.430. The highest BCUT2D eigenvalue weighted by Crippen LogP contribution is 2.37. The van der Waals surface area contributed by atoms with Crippen molar-refractivity contribution in [1.82, 2.24) is 15.1 Å². The Morgan fingerprint density at radius 3 is 2.67 bits per heavy atom. The molecule has 3 aromatic rings. The molecule has 0 radical (unpaired) electrons. The van der Waals surface area contributed by atoms with Gasteiger partial charge in [-0.05, 0) is 29.8 Å². The Bertz CT molecular complexity index is 1640. The Balaban J connectivity index is 1.49. The van der Waals surface area contributed by atoms with Crippen molar-refractivity contribution < 1.29 is 40.3 Å². The summed E-state index contributed by atoms with van der Waals surface area (Å²) in [5.41, 5.74) is 6.00. The molecule has 2 amide bonds. The zero-order valence-electron chi connectivity index (χ0n) is 21.9. The van der Waals surface area contributed by atoms with Crippen molar-refractivity contribution >= 4 is 45.1 Å². The van der Waals surface area contributed by atoms with Gasteiger partial charge < -0.3 is 30.0 Å². The minimum Gasteiger partial charge on any atom is -0.453 e. The average molecular weight is 629 g/mol. The number of nitrogens with two attached hydrogens (primary N) is 1. The van der Waals surface area contributed by atoms with Gasteiger partial charge in [-0.2, -0.15) is 0 Å². The lowest BCUT2D eigenvalue weighted by Crippen LogP contribution is -2.53. The number of sulfone groups is 1. The number of nitrogens with zero attached hydrogens (tertiary/aromatic N) is 4. The van der Waals surface area contributed by atoms with Crippen LogP contribution in [-0.4, -0.2) is 79.5 Å². The molecule has 0 spiro atoms. The van der Waals surface area contributed by atoms with Crippen molar-refractivity contribution in [3.8, 4) is 11.5 Å². The lowest BCUT2D eigenvalue weighted by molar-refractivity contribution is -0.119. The summed E-state index contributed by atoms with van der Waals surface area (Å²) in [4.78, 5) is 26.6. The summed E-state index contributed by atoms with van der Waals surface area (Å²) in [6.07, 6.45) is -1.60. The summed E-state index contributed by atoms with van der Waals surface area (Å²) >= 11 is 5.95. The highest BCUT2D eigenvalue weighted by atomic mass is 35.5. The van der Waals surface area contributed by atoms with E-state index in [0.29, 0.717) is 10.6 Å². The Kier molecular flexibility index (Phi) is 7.80. The molecule has 3 heterocycles. The standard InChI is InChI=1S/C25H24ClF3N6O6S/c1-40-24(37)34-10-15(8-25(28,29)12-34)31-23-33-32-21(41-23)16-6-19-20(7-17(16)27)42(38,39)11-18(30)22(36)35(19)9-13-2-4-14(26)5-3-13/h2-7,15,18H,8-12,30H2,1H3,(H,31,33)/t15?,18-/m0/s1. The molecule has 5 rings (SSSR count). The van der Waals surface area contributed by atoms with Crippen LogP contribution >= 0.6 is 11.6 Å². The molecule has 2 atom stereocenters. The molecule has 1 unspecified atom stereocenters. The van der Waals surface area contributed by atoms with Gasteiger partial charge in [-0.3, -0.25) is 4.79 Å². The summed E-state index contributed by atoms with van der Waals surface area (Å²) < 4.78 is 80.0. The van der Waals surface area contributed by atoms with Gasteiger partial charge in [0.2, 0.25) is 5.91 Å². The molecule has 2 aliphatic rings. The van der Waals surface area contributed by atoms with E-state index in [1.807, 2.05) is 0 Å². The first-order valence-electron chi connectivity index (χ1n) is 12.4. The van der Waals surface area contributed by atoms with E-state index < -0.39 is 75.2 Å². The van der Waals surface area contributed by atoms with Crippen LogP contribution in [0, 0.1) is 5.82 Å². The Morgan fingerprint density at radius 1 is 1.26 bits per heavy atom. The molecule has 1 aromatic heterocycles. The molecular weight excluding hydrogens is 605 g/mol. The fourth-order valence-electron chi connectivity index (χ4n) is 4.85. The summed E-state index contributed by atoms with van der Waals surface area (Å²) in [5.74, 6) is -6.16. The fraction of sp³-hybridized carbons (Fsp3) is 0.360. The smallest absolute Gasteiger partial charge is 0.409 e. The highest BCUT2D eigenvalue weighted by molar-refractivity contribution is 7.91. The van der Waals surface area contributed by atoms with Gasteiger partial charge in [0.15, 0.2) is 9.84 Å². The van der Waals surface area contributed by atoms with Gasteiger partial charge in [0.1, 0.15) is 5.82 Å². The molecule has 3 N–H and O–H groups in total. The predicted molar refractivity (Wildman–Crippen MR) is 143 cm³/mol. The van der Waals surface area contributed by atoms with Crippen LogP contribution < -0.4 is 16.0 Å². The first-order chi connectivity index (χ1) is 19.8. The highest BCUT2D eigenvalue weighted by Gasteiger charge is 2.43. The number of anilines is 2. The van der Waals surface area contributed by atoms with Crippen molar-refractivity contribution in [2.24, 2.45) is 5.73 Å². The first-order valence-corrected chi connectivity index (χ1v) is 14.5. The molecule has 2 aliphatic heterocycles. The molecular formula is C25H24ClF3N6O6S. The molecule has 224 valence electrons. The van der Waals surface area contributed by atoms with Crippen molar-refractivity contribution in [1.29, 1.82) is 0 Å². The van der Waals surface area contributed by atoms with Crippen LogP contribution in [0.2, 0.25) is 5.02 Å². The maximum atomic E-state index is 15.4. The Hall–Kier alpha value is -3.89. The van der Waals surface area contributed by atoms with E-state index in [0.717, 1.165) is 29.0 Å². The van der Waals surface area contributed by atoms with Crippen LogP contribution in [-0.2, 0) is 25.9 Å². The predicted octanol–water partition coefficient (Wildman–Crippen LogP) is 3.06. The summed E-state index contributed by atoms with van der Waals surface area (Å²) in [7, 11) is -3.13. The molecule has 42 heavy (non-hydrogen) atoms. The van der Waals surface area contributed by atoms with Crippen LogP contribution in [0.5, 0.6) is 0 Å². The van der Waals surface area contributed by atoms with Gasteiger partial charge >= 0.3 is 12.1 Å². The number of piperidine rings is 1. The third kappa shape index (κ3) is 6.00. The number of aromatic nitrogens is 2. The van der Waals surface area contributed by atoms with Crippen molar-refractivity contribution in [3.63, 3.8) is 0 Å². The second-order valence-corrected chi connectivity index (χ2v) is 12.3. The first kappa shape index (κ1) is 29.6. The Morgan fingerprint density at radius 2 is 1.98 bits per heavy atom. The number of carbonyl (C=O) groups excluding carboxylic acids is 2. The molecule has 12 nitrogen and oxygen atoms in total. The van der Waals surface area contributed by atoms with Crippen molar-refractivity contribution in [3.05, 3.63) is 52.8 Å². The molecule has 0 saturated carbocycles. The molecule has 1 fully saturated rings. The lowest BCUT2D eigenvalue weighted by Gasteiger charge is -2.36. The number of hydrogen-bond acceptors (Lipinski definition) is 10.